The molecule has 0 bridgehead atoms. The molecule has 1 N–H and O–H groups in total. The van der Waals surface area contributed by atoms with Crippen LogP contribution in [0.1, 0.15) is 17.5 Å². The Kier molecular flexibility index (Phi) is 2.52. The van der Waals surface area contributed by atoms with Gasteiger partial charge in [0.1, 0.15) is 6.61 Å². The Balaban J connectivity index is 2.09. The lowest BCUT2D eigenvalue weighted by molar-refractivity contribution is 0.178. The molecule has 0 saturated carbocycles. The van der Waals surface area contributed by atoms with Crippen molar-refractivity contribution in [3.63, 3.8) is 0 Å². The molecule has 17 heavy (non-hydrogen) atoms. The van der Waals surface area contributed by atoms with Crippen LogP contribution in [-0.4, -0.2) is 25.3 Å². The van der Waals surface area contributed by atoms with Crippen molar-refractivity contribution in [1.82, 2.24) is 5.32 Å². The number of carbonyl (C=O) groups is 1. The number of nitrogens with one attached hydrogen (secondary N) is 1. The zero-order chi connectivity index (χ0) is 11.8. The lowest BCUT2D eigenvalue weighted by atomic mass is 10.0. The third-order valence-electron chi connectivity index (χ3n) is 3.43. The highest BCUT2D eigenvalue weighted by Crippen LogP contribution is 2.30. The monoisotopic (exact) mass is 232 g/mol. The first kappa shape index (κ1) is 10.6. The van der Waals surface area contributed by atoms with Gasteiger partial charge in [0, 0.05) is 6.54 Å². The SMILES string of the molecule is Cc1ccc2c(c1)N1C(=O)OCC1CCNC2. The van der Waals surface area contributed by atoms with Crippen LogP contribution in [0.4, 0.5) is 10.5 Å². The summed E-state index contributed by atoms with van der Waals surface area (Å²) >= 11 is 0. The normalized spacial score (nSPS) is 23.5. The molecule has 1 saturated heterocycles. The van der Waals surface area contributed by atoms with E-state index < -0.39 is 0 Å². The number of aryl methyl sites for hydroxylation is 1. The summed E-state index contributed by atoms with van der Waals surface area (Å²) in [6, 6.07) is 6.42. The van der Waals surface area contributed by atoms with Gasteiger partial charge in [0.15, 0.2) is 0 Å². The number of hydrogen-bond acceptors (Lipinski definition) is 3. The number of carbonyl (C=O) groups excluding carboxylic acids is 1. The average Bonchev–Trinajstić information content (AvgIpc) is 2.64. The van der Waals surface area contributed by atoms with Gasteiger partial charge in [-0.25, -0.2) is 4.79 Å². The Bertz CT molecular complexity index is 459. The van der Waals surface area contributed by atoms with Crippen molar-refractivity contribution >= 4 is 11.8 Å². The topological polar surface area (TPSA) is 41.6 Å². The molecular weight excluding hydrogens is 216 g/mol. The highest BCUT2D eigenvalue weighted by molar-refractivity contribution is 5.91. The zero-order valence-corrected chi connectivity index (χ0v) is 9.90. The van der Waals surface area contributed by atoms with Gasteiger partial charge in [0.05, 0.1) is 11.7 Å². The second kappa shape index (κ2) is 4.04. The van der Waals surface area contributed by atoms with Gasteiger partial charge < -0.3 is 10.1 Å². The maximum Gasteiger partial charge on any atom is 0.414 e. The standard InChI is InChI=1S/C13H16N2O2/c1-9-2-3-10-7-14-5-4-11-8-17-13(16)15(11)12(10)6-9/h2-3,6,11,14H,4-5,7-8H2,1H3. The van der Waals surface area contributed by atoms with Crippen molar-refractivity contribution in [2.75, 3.05) is 18.1 Å². The van der Waals surface area contributed by atoms with Gasteiger partial charge in [0.2, 0.25) is 0 Å². The summed E-state index contributed by atoms with van der Waals surface area (Å²) in [5.41, 5.74) is 3.34. The fraction of sp³-hybridized carbons (Fsp3) is 0.462. The van der Waals surface area contributed by atoms with E-state index >= 15 is 0 Å². The number of fused-ring (bicyclic) bond motifs is 3. The summed E-state index contributed by atoms with van der Waals surface area (Å²) in [7, 11) is 0. The van der Waals surface area contributed by atoms with E-state index in [2.05, 4.69) is 23.5 Å². The number of amides is 1. The van der Waals surface area contributed by atoms with Crippen molar-refractivity contribution < 1.29 is 9.53 Å². The van der Waals surface area contributed by atoms with E-state index in [1.165, 1.54) is 11.1 Å². The van der Waals surface area contributed by atoms with E-state index in [-0.39, 0.29) is 12.1 Å². The van der Waals surface area contributed by atoms with Crippen LogP contribution in [0, 0.1) is 6.92 Å². The van der Waals surface area contributed by atoms with Crippen molar-refractivity contribution in [3.05, 3.63) is 29.3 Å². The van der Waals surface area contributed by atoms with Crippen LogP contribution in [0.5, 0.6) is 0 Å². The van der Waals surface area contributed by atoms with Gasteiger partial charge in [-0.1, -0.05) is 12.1 Å². The van der Waals surface area contributed by atoms with Gasteiger partial charge in [-0.05, 0) is 37.1 Å². The summed E-state index contributed by atoms with van der Waals surface area (Å²) in [6.07, 6.45) is 0.739. The van der Waals surface area contributed by atoms with E-state index in [0.717, 1.165) is 25.2 Å². The highest BCUT2D eigenvalue weighted by atomic mass is 16.6. The predicted molar refractivity (Wildman–Crippen MR) is 65.1 cm³/mol. The highest BCUT2D eigenvalue weighted by Gasteiger charge is 2.35. The first-order valence-corrected chi connectivity index (χ1v) is 6.02. The van der Waals surface area contributed by atoms with E-state index in [4.69, 9.17) is 4.74 Å². The summed E-state index contributed by atoms with van der Waals surface area (Å²) < 4.78 is 5.17. The summed E-state index contributed by atoms with van der Waals surface area (Å²) in [5.74, 6) is 0. The van der Waals surface area contributed by atoms with Crippen molar-refractivity contribution in [1.29, 1.82) is 0 Å². The van der Waals surface area contributed by atoms with Gasteiger partial charge in [0.25, 0.3) is 0 Å². The first-order valence-electron chi connectivity index (χ1n) is 6.02. The molecule has 1 unspecified atom stereocenters. The molecule has 4 heteroatoms. The number of hydrogen-bond donors (Lipinski definition) is 1. The summed E-state index contributed by atoms with van der Waals surface area (Å²) in [6.45, 7) is 4.29. The minimum absolute atomic E-state index is 0.177. The Morgan fingerprint density at radius 2 is 2.35 bits per heavy atom. The molecule has 1 fully saturated rings. The largest absolute Gasteiger partial charge is 0.447 e. The smallest absolute Gasteiger partial charge is 0.414 e. The predicted octanol–water partition coefficient (Wildman–Crippen LogP) is 1.81. The molecule has 90 valence electrons. The third-order valence-corrected chi connectivity index (χ3v) is 3.43. The van der Waals surface area contributed by atoms with Crippen LogP contribution in [0.3, 0.4) is 0 Å². The quantitative estimate of drug-likeness (QED) is 0.741. The van der Waals surface area contributed by atoms with Crippen LogP contribution in [-0.2, 0) is 11.3 Å². The molecule has 2 aliphatic heterocycles. The molecular formula is C13H16N2O2. The third kappa shape index (κ3) is 1.78. The first-order chi connectivity index (χ1) is 8.25. The lowest BCUT2D eigenvalue weighted by Gasteiger charge is -2.27. The molecule has 4 nitrogen and oxygen atoms in total. The number of anilines is 1. The molecule has 0 spiro atoms. The van der Waals surface area contributed by atoms with Crippen molar-refractivity contribution in [2.45, 2.75) is 25.9 Å². The molecule has 1 aromatic rings. The van der Waals surface area contributed by atoms with Crippen molar-refractivity contribution in [2.24, 2.45) is 0 Å². The van der Waals surface area contributed by atoms with Crippen molar-refractivity contribution in [3.8, 4) is 0 Å². The van der Waals surface area contributed by atoms with Crippen LogP contribution in [0.15, 0.2) is 18.2 Å². The molecule has 0 aromatic heterocycles. The Morgan fingerprint density at radius 3 is 3.24 bits per heavy atom. The fourth-order valence-electron chi connectivity index (χ4n) is 2.51. The Labute approximate surface area is 101 Å². The number of rotatable bonds is 0. The van der Waals surface area contributed by atoms with E-state index in [1.54, 1.807) is 0 Å². The van der Waals surface area contributed by atoms with E-state index in [0.29, 0.717) is 6.61 Å². The van der Waals surface area contributed by atoms with Gasteiger partial charge >= 0.3 is 6.09 Å². The fourth-order valence-corrected chi connectivity index (χ4v) is 2.51. The second-order valence-corrected chi connectivity index (χ2v) is 4.70. The maximum absolute atomic E-state index is 11.8. The lowest BCUT2D eigenvalue weighted by Crippen LogP contribution is -2.38. The summed E-state index contributed by atoms with van der Waals surface area (Å²) in [5, 5.41) is 3.40. The number of cyclic esters (lactones) is 1. The molecule has 3 rings (SSSR count). The summed E-state index contributed by atoms with van der Waals surface area (Å²) in [4.78, 5) is 13.7. The second-order valence-electron chi connectivity index (χ2n) is 4.70. The average molecular weight is 232 g/mol. The molecule has 0 radical (unpaired) electrons. The molecule has 2 aliphatic rings. The minimum Gasteiger partial charge on any atom is -0.447 e. The molecule has 2 heterocycles. The van der Waals surface area contributed by atoms with E-state index in [9.17, 15) is 4.79 Å². The molecule has 1 aromatic carbocycles. The molecule has 1 atom stereocenters. The number of nitrogens with zero attached hydrogens (tertiary/aromatic N) is 1. The van der Waals surface area contributed by atoms with Crippen LogP contribution in [0.25, 0.3) is 0 Å². The van der Waals surface area contributed by atoms with E-state index in [1.807, 2.05) is 11.8 Å². The van der Waals surface area contributed by atoms with Crippen LogP contribution in [0.2, 0.25) is 0 Å². The number of ether oxygens (including phenoxy) is 1. The van der Waals surface area contributed by atoms with Crippen LogP contribution >= 0.6 is 0 Å². The number of benzene rings is 1. The molecule has 1 amide bonds. The Hall–Kier alpha value is -1.55. The molecule has 0 aliphatic carbocycles. The maximum atomic E-state index is 11.8. The Morgan fingerprint density at radius 1 is 1.47 bits per heavy atom. The van der Waals surface area contributed by atoms with Gasteiger partial charge in [-0.15, -0.1) is 0 Å². The van der Waals surface area contributed by atoms with Crippen LogP contribution < -0.4 is 10.2 Å². The zero-order valence-electron chi connectivity index (χ0n) is 9.90. The van der Waals surface area contributed by atoms with Gasteiger partial charge in [-0.3, -0.25) is 4.90 Å². The van der Waals surface area contributed by atoms with Gasteiger partial charge in [-0.2, -0.15) is 0 Å². The minimum atomic E-state index is -0.205.